The summed E-state index contributed by atoms with van der Waals surface area (Å²) in [6, 6.07) is 0.774. The fraction of sp³-hybridized carbons (Fsp3) is 0.273. The van der Waals surface area contributed by atoms with Crippen LogP contribution >= 0.6 is 0 Å². The maximum Gasteiger partial charge on any atom is 0.446 e. The van der Waals surface area contributed by atoms with Crippen LogP contribution in [0.15, 0.2) is 12.1 Å². The molecule has 0 saturated carbocycles. The molecule has 0 saturated heterocycles. The second kappa shape index (κ2) is 6.48. The monoisotopic (exact) mass is 312 g/mol. The summed E-state index contributed by atoms with van der Waals surface area (Å²) in [6.07, 6.45) is -5.70. The number of halogens is 5. The molecule has 0 fully saturated rings. The molecule has 3 N–H and O–H groups in total. The van der Waals surface area contributed by atoms with Crippen LogP contribution in [0.2, 0.25) is 0 Å². The van der Waals surface area contributed by atoms with Gasteiger partial charge in [0.05, 0.1) is 0 Å². The van der Waals surface area contributed by atoms with Crippen molar-refractivity contribution in [1.82, 2.24) is 0 Å². The van der Waals surface area contributed by atoms with Gasteiger partial charge in [-0.1, -0.05) is 0 Å². The van der Waals surface area contributed by atoms with E-state index >= 15 is 0 Å². The molecular formula is C11H9F5N2O3. The number of hydrogen-bond acceptors (Lipinski definition) is 4. The minimum atomic E-state index is -4.64. The van der Waals surface area contributed by atoms with Gasteiger partial charge in [0, 0.05) is 12.1 Å². The lowest BCUT2D eigenvalue weighted by Crippen LogP contribution is -2.38. The molecular weight excluding hydrogens is 303 g/mol. The maximum absolute atomic E-state index is 13.2. The van der Waals surface area contributed by atoms with Crippen molar-refractivity contribution in [3.8, 4) is 5.75 Å². The number of nitrogens with two attached hydrogens (primary N) is 1. The molecule has 5 nitrogen and oxygen atoms in total. The maximum atomic E-state index is 13.2. The van der Waals surface area contributed by atoms with Gasteiger partial charge in [0.15, 0.2) is 5.82 Å². The molecule has 0 aromatic heterocycles. The minimum Gasteiger partial charge on any atom is -0.489 e. The van der Waals surface area contributed by atoms with E-state index in [1.165, 1.54) is 0 Å². The topological polar surface area (TPSA) is 81.4 Å². The fourth-order valence-electron chi connectivity index (χ4n) is 1.26. The van der Waals surface area contributed by atoms with Crippen LogP contribution in [-0.4, -0.2) is 31.0 Å². The Hall–Kier alpha value is -2.23. The number of carbonyl (C=O) groups excluding carboxylic acids is 2. The van der Waals surface area contributed by atoms with Crippen LogP contribution in [-0.2, 0) is 9.59 Å². The molecule has 1 aromatic carbocycles. The Balaban J connectivity index is 0.000000315. The quantitative estimate of drug-likeness (QED) is 0.560. The lowest BCUT2D eigenvalue weighted by molar-refractivity contribution is -0.156. The number of ether oxygens (including phenoxy) is 1. The smallest absolute Gasteiger partial charge is 0.446 e. The Kier molecular flexibility index (Phi) is 5.19. The van der Waals surface area contributed by atoms with Gasteiger partial charge >= 0.3 is 6.18 Å². The first-order valence-corrected chi connectivity index (χ1v) is 5.35. The Morgan fingerprint density at radius 2 is 1.90 bits per heavy atom. The van der Waals surface area contributed by atoms with E-state index in [0.717, 1.165) is 6.07 Å². The van der Waals surface area contributed by atoms with E-state index in [2.05, 4.69) is 5.32 Å². The Labute approximate surface area is 114 Å². The van der Waals surface area contributed by atoms with E-state index < -0.39 is 36.0 Å². The summed E-state index contributed by atoms with van der Waals surface area (Å²) in [4.78, 5) is 19.9. The summed E-state index contributed by atoms with van der Waals surface area (Å²) < 4.78 is 62.3. The van der Waals surface area contributed by atoms with Crippen molar-refractivity contribution in [2.45, 2.75) is 12.2 Å². The molecule has 0 aliphatic carbocycles. The summed E-state index contributed by atoms with van der Waals surface area (Å²) in [5, 5.41) is 2.24. The van der Waals surface area contributed by atoms with Crippen LogP contribution in [0.25, 0.3) is 0 Å². The van der Waals surface area contributed by atoms with Gasteiger partial charge in [-0.15, -0.1) is 0 Å². The van der Waals surface area contributed by atoms with Gasteiger partial charge in [-0.2, -0.15) is 13.2 Å². The average molecular weight is 312 g/mol. The van der Waals surface area contributed by atoms with Crippen molar-refractivity contribution in [2.24, 2.45) is 5.73 Å². The summed E-state index contributed by atoms with van der Waals surface area (Å²) in [7, 11) is 0. The van der Waals surface area contributed by atoms with Gasteiger partial charge < -0.3 is 15.8 Å². The number of aldehydes is 1. The zero-order valence-corrected chi connectivity index (χ0v) is 10.2. The van der Waals surface area contributed by atoms with Crippen LogP contribution in [0, 0.1) is 11.6 Å². The van der Waals surface area contributed by atoms with Crippen LogP contribution in [0.4, 0.5) is 27.6 Å². The zero-order valence-electron chi connectivity index (χ0n) is 10.2. The van der Waals surface area contributed by atoms with Gasteiger partial charge in [-0.25, -0.2) is 8.78 Å². The molecule has 116 valence electrons. The molecule has 1 amide bonds. The third-order valence-corrected chi connectivity index (χ3v) is 2.16. The number of fused-ring (bicyclic) bond motifs is 1. The molecule has 1 aliphatic rings. The predicted molar refractivity (Wildman–Crippen MR) is 60.6 cm³/mol. The van der Waals surface area contributed by atoms with E-state index in [1.54, 1.807) is 0 Å². The number of rotatable bonds is 0. The van der Waals surface area contributed by atoms with Gasteiger partial charge in [0.2, 0.25) is 12.2 Å². The predicted octanol–water partition coefficient (Wildman–Crippen LogP) is 1.37. The number of anilines is 1. The molecule has 2 rings (SSSR count). The number of alkyl halides is 3. The van der Waals surface area contributed by atoms with E-state index in [0.29, 0.717) is 6.07 Å². The van der Waals surface area contributed by atoms with E-state index in [1.807, 2.05) is 0 Å². The highest BCUT2D eigenvalue weighted by Gasteiger charge is 2.25. The van der Waals surface area contributed by atoms with E-state index in [9.17, 15) is 26.7 Å². The summed E-state index contributed by atoms with van der Waals surface area (Å²) in [5.41, 5.74) is 5.22. The van der Waals surface area contributed by atoms with Crippen LogP contribution < -0.4 is 15.8 Å². The van der Waals surface area contributed by atoms with Gasteiger partial charge in [0.25, 0.3) is 0 Å². The van der Waals surface area contributed by atoms with Crippen molar-refractivity contribution in [3.05, 3.63) is 23.8 Å². The normalized spacial score (nSPS) is 17.4. The highest BCUT2D eigenvalue weighted by atomic mass is 19.4. The highest BCUT2D eigenvalue weighted by molar-refractivity contribution is 5.96. The minimum absolute atomic E-state index is 0.0474. The molecule has 10 heteroatoms. The first-order valence-electron chi connectivity index (χ1n) is 5.35. The number of nitrogens with one attached hydrogen (secondary N) is 1. The fourth-order valence-corrected chi connectivity index (χ4v) is 1.26. The second-order valence-electron chi connectivity index (χ2n) is 3.83. The van der Waals surface area contributed by atoms with Gasteiger partial charge in [0.1, 0.15) is 29.9 Å². The average Bonchev–Trinajstić information content (AvgIpc) is 2.51. The lowest BCUT2D eigenvalue weighted by atomic mass is 10.2. The number of hydrogen-bond donors (Lipinski definition) is 2. The molecule has 1 aliphatic heterocycles. The Bertz CT molecular complexity index is 547. The molecule has 21 heavy (non-hydrogen) atoms. The van der Waals surface area contributed by atoms with Crippen molar-refractivity contribution < 1.29 is 36.3 Å². The van der Waals surface area contributed by atoms with E-state index in [-0.39, 0.29) is 18.0 Å². The van der Waals surface area contributed by atoms with Gasteiger partial charge in [-0.05, 0) is 0 Å². The van der Waals surface area contributed by atoms with Crippen molar-refractivity contribution in [2.75, 3.05) is 11.9 Å². The number of carbonyl (C=O) groups is 2. The summed E-state index contributed by atoms with van der Waals surface area (Å²) in [5.74, 6) is -2.25. The first kappa shape index (κ1) is 16.8. The molecule has 0 bridgehead atoms. The SMILES string of the molecule is N[C@H]1COc2cc(F)cc(F)c2NC1=O.O=CC(F)(F)F. The largest absolute Gasteiger partial charge is 0.489 e. The third-order valence-electron chi connectivity index (χ3n) is 2.16. The molecule has 1 aromatic rings. The summed E-state index contributed by atoms with van der Waals surface area (Å²) in [6.45, 7) is -0.109. The van der Waals surface area contributed by atoms with Crippen LogP contribution in [0.1, 0.15) is 0 Å². The lowest BCUT2D eigenvalue weighted by Gasteiger charge is -2.07. The van der Waals surface area contributed by atoms with Crippen LogP contribution in [0.5, 0.6) is 5.75 Å². The molecule has 1 atom stereocenters. The second-order valence-corrected chi connectivity index (χ2v) is 3.83. The molecule has 0 spiro atoms. The zero-order chi connectivity index (χ0) is 16.2. The first-order chi connectivity index (χ1) is 9.64. The third kappa shape index (κ3) is 4.99. The van der Waals surface area contributed by atoms with Crippen LogP contribution in [0.3, 0.4) is 0 Å². The van der Waals surface area contributed by atoms with Crippen molar-refractivity contribution in [1.29, 1.82) is 0 Å². The van der Waals surface area contributed by atoms with Gasteiger partial charge in [-0.3, -0.25) is 9.59 Å². The highest BCUT2D eigenvalue weighted by Crippen LogP contribution is 2.30. The standard InChI is InChI=1S/C9H8F2N2O2.C2HF3O/c10-4-1-5(11)8-7(2-4)15-3-6(12)9(14)13-8;3-2(4,5)1-6/h1-2,6H,3,12H2,(H,13,14);1H/t6-;/m0./s1. The number of benzene rings is 1. The Morgan fingerprint density at radius 1 is 1.33 bits per heavy atom. The molecule has 1 heterocycles. The molecule has 0 radical (unpaired) electrons. The van der Waals surface area contributed by atoms with Crippen molar-refractivity contribution in [3.63, 3.8) is 0 Å². The molecule has 0 unspecified atom stereocenters. The number of amides is 1. The Morgan fingerprint density at radius 3 is 2.43 bits per heavy atom. The van der Waals surface area contributed by atoms with Crippen molar-refractivity contribution >= 4 is 17.9 Å². The summed E-state index contributed by atoms with van der Waals surface area (Å²) >= 11 is 0. The van der Waals surface area contributed by atoms with E-state index in [4.69, 9.17) is 15.3 Å².